The molecule has 0 fully saturated rings. The molecular weight excluding hydrogens is 266 g/mol. The van der Waals surface area contributed by atoms with Gasteiger partial charge in [-0.05, 0) is 24.6 Å². The molecule has 1 aromatic carbocycles. The lowest BCUT2D eigenvalue weighted by Gasteiger charge is -2.08. The molecule has 1 rings (SSSR count). The van der Waals surface area contributed by atoms with E-state index in [1.54, 1.807) is 0 Å². The standard InChI is InChI=1S/C12H11F4NO2/c1-8(6-11(18)12(14,15)16)17-19-7-9-2-4-10(13)5-3-9/h2-6,17H,7H2,1H3/b8-6+. The monoisotopic (exact) mass is 277 g/mol. The molecule has 1 aromatic rings. The Morgan fingerprint density at radius 2 is 1.89 bits per heavy atom. The summed E-state index contributed by atoms with van der Waals surface area (Å²) < 4.78 is 48.4. The van der Waals surface area contributed by atoms with Crippen LogP contribution < -0.4 is 5.48 Å². The molecule has 0 saturated heterocycles. The summed E-state index contributed by atoms with van der Waals surface area (Å²) in [6.45, 7) is 1.28. The largest absolute Gasteiger partial charge is 0.454 e. The number of hydrogen-bond acceptors (Lipinski definition) is 3. The number of carbonyl (C=O) groups excluding carboxylic acids is 1. The minimum atomic E-state index is -4.90. The Hall–Kier alpha value is -1.89. The van der Waals surface area contributed by atoms with Gasteiger partial charge in [-0.25, -0.2) is 4.39 Å². The van der Waals surface area contributed by atoms with Crippen molar-refractivity contribution in [1.82, 2.24) is 5.48 Å². The van der Waals surface area contributed by atoms with Gasteiger partial charge in [0.2, 0.25) is 0 Å². The number of halogens is 4. The summed E-state index contributed by atoms with van der Waals surface area (Å²) in [5, 5.41) is 0. The molecule has 0 heterocycles. The van der Waals surface area contributed by atoms with E-state index in [9.17, 15) is 22.4 Å². The van der Waals surface area contributed by atoms with Crippen LogP contribution >= 0.6 is 0 Å². The first-order chi connectivity index (χ1) is 8.79. The predicted octanol–water partition coefficient (Wildman–Crippen LogP) is 2.88. The van der Waals surface area contributed by atoms with Crippen molar-refractivity contribution in [3.8, 4) is 0 Å². The highest BCUT2D eigenvalue weighted by molar-refractivity contribution is 5.94. The first-order valence-corrected chi connectivity index (χ1v) is 5.21. The van der Waals surface area contributed by atoms with E-state index in [1.165, 1.54) is 31.2 Å². The SMILES string of the molecule is C/C(=C\C(=O)C(F)(F)F)NOCc1ccc(F)cc1. The summed E-state index contributed by atoms with van der Waals surface area (Å²) >= 11 is 0. The number of allylic oxidation sites excluding steroid dienone is 2. The maximum absolute atomic E-state index is 12.6. The van der Waals surface area contributed by atoms with Crippen LogP contribution in [0.2, 0.25) is 0 Å². The average molecular weight is 277 g/mol. The second-order valence-electron chi connectivity index (χ2n) is 3.71. The van der Waals surface area contributed by atoms with Crippen molar-refractivity contribution in [2.24, 2.45) is 0 Å². The van der Waals surface area contributed by atoms with Crippen LogP contribution in [0.3, 0.4) is 0 Å². The fourth-order valence-electron chi connectivity index (χ4n) is 1.12. The van der Waals surface area contributed by atoms with Crippen molar-refractivity contribution in [2.75, 3.05) is 0 Å². The number of hydrogen-bond donors (Lipinski definition) is 1. The Balaban J connectivity index is 2.43. The van der Waals surface area contributed by atoms with Crippen LogP contribution in [0.15, 0.2) is 36.0 Å². The van der Waals surface area contributed by atoms with E-state index in [4.69, 9.17) is 4.84 Å². The third kappa shape index (κ3) is 5.52. The number of alkyl halides is 3. The minimum Gasteiger partial charge on any atom is -0.285 e. The lowest BCUT2D eigenvalue weighted by atomic mass is 10.2. The first kappa shape index (κ1) is 15.2. The van der Waals surface area contributed by atoms with E-state index in [2.05, 4.69) is 5.48 Å². The zero-order valence-electron chi connectivity index (χ0n) is 9.92. The molecule has 0 aliphatic carbocycles. The molecule has 0 unspecified atom stereocenters. The number of ketones is 1. The smallest absolute Gasteiger partial charge is 0.285 e. The van der Waals surface area contributed by atoms with Gasteiger partial charge in [0, 0.05) is 11.8 Å². The number of hydroxylamine groups is 1. The quantitative estimate of drug-likeness (QED) is 0.511. The molecule has 0 bridgehead atoms. The van der Waals surface area contributed by atoms with Gasteiger partial charge in [-0.3, -0.25) is 15.1 Å². The number of carbonyl (C=O) groups is 1. The average Bonchev–Trinajstić information content (AvgIpc) is 2.30. The van der Waals surface area contributed by atoms with Crippen LogP contribution in [0.1, 0.15) is 12.5 Å². The molecular formula is C12H11F4NO2. The zero-order chi connectivity index (χ0) is 14.5. The highest BCUT2D eigenvalue weighted by atomic mass is 19.4. The first-order valence-electron chi connectivity index (χ1n) is 5.21. The summed E-state index contributed by atoms with van der Waals surface area (Å²) in [6.07, 6.45) is -4.51. The molecule has 0 amide bonds. The van der Waals surface area contributed by atoms with Crippen LogP contribution in [-0.4, -0.2) is 12.0 Å². The zero-order valence-corrected chi connectivity index (χ0v) is 9.92. The molecule has 0 atom stereocenters. The molecule has 104 valence electrons. The summed E-state index contributed by atoms with van der Waals surface area (Å²) in [4.78, 5) is 15.5. The van der Waals surface area contributed by atoms with Gasteiger partial charge in [0.25, 0.3) is 5.78 Å². The second-order valence-corrected chi connectivity index (χ2v) is 3.71. The fraction of sp³-hybridized carbons (Fsp3) is 0.250. The molecule has 3 nitrogen and oxygen atoms in total. The number of benzene rings is 1. The van der Waals surface area contributed by atoms with Crippen LogP contribution in [0.4, 0.5) is 17.6 Å². The van der Waals surface area contributed by atoms with E-state index in [0.717, 1.165) is 0 Å². The maximum atomic E-state index is 12.6. The van der Waals surface area contributed by atoms with Crippen LogP contribution in [0, 0.1) is 5.82 Å². The van der Waals surface area contributed by atoms with Gasteiger partial charge in [0.05, 0.1) is 6.61 Å². The van der Waals surface area contributed by atoms with Gasteiger partial charge in [-0.1, -0.05) is 12.1 Å². The highest BCUT2D eigenvalue weighted by Gasteiger charge is 2.36. The molecule has 0 saturated carbocycles. The third-order valence-electron chi connectivity index (χ3n) is 2.01. The maximum Gasteiger partial charge on any atom is 0.454 e. The summed E-state index contributed by atoms with van der Waals surface area (Å²) in [6, 6.07) is 5.40. The van der Waals surface area contributed by atoms with E-state index in [1.807, 2.05) is 0 Å². The molecule has 7 heteroatoms. The van der Waals surface area contributed by atoms with Crippen LogP contribution in [0.5, 0.6) is 0 Å². The van der Waals surface area contributed by atoms with Crippen LogP contribution in [0.25, 0.3) is 0 Å². The summed E-state index contributed by atoms with van der Waals surface area (Å²) in [5.74, 6) is -2.37. The molecule has 0 aliphatic rings. The van der Waals surface area contributed by atoms with Gasteiger partial charge >= 0.3 is 6.18 Å². The second kappa shape index (κ2) is 6.33. The van der Waals surface area contributed by atoms with Crippen LogP contribution in [-0.2, 0) is 16.2 Å². The Morgan fingerprint density at radius 3 is 2.42 bits per heavy atom. The van der Waals surface area contributed by atoms with E-state index < -0.39 is 17.8 Å². The van der Waals surface area contributed by atoms with Gasteiger partial charge in [-0.2, -0.15) is 13.2 Å². The summed E-state index contributed by atoms with van der Waals surface area (Å²) in [5.41, 5.74) is 2.74. The normalized spacial score (nSPS) is 12.4. The van der Waals surface area contributed by atoms with Crippen molar-refractivity contribution >= 4 is 5.78 Å². The lowest BCUT2D eigenvalue weighted by Crippen LogP contribution is -2.22. The molecule has 19 heavy (non-hydrogen) atoms. The van der Waals surface area contributed by atoms with Gasteiger partial charge < -0.3 is 0 Å². The Morgan fingerprint density at radius 1 is 1.32 bits per heavy atom. The molecule has 0 aromatic heterocycles. The number of nitrogens with one attached hydrogen (secondary N) is 1. The highest BCUT2D eigenvalue weighted by Crippen LogP contribution is 2.17. The van der Waals surface area contributed by atoms with E-state index in [-0.39, 0.29) is 12.3 Å². The summed E-state index contributed by atoms with van der Waals surface area (Å²) in [7, 11) is 0. The van der Waals surface area contributed by atoms with Gasteiger partial charge in [-0.15, -0.1) is 0 Å². The Kier molecular flexibility index (Phi) is 5.05. The van der Waals surface area contributed by atoms with Crippen molar-refractivity contribution in [3.63, 3.8) is 0 Å². The topological polar surface area (TPSA) is 38.3 Å². The van der Waals surface area contributed by atoms with E-state index >= 15 is 0 Å². The Bertz CT molecular complexity index is 466. The fourth-order valence-corrected chi connectivity index (χ4v) is 1.12. The van der Waals surface area contributed by atoms with Crippen molar-refractivity contribution < 1.29 is 27.2 Å². The molecule has 0 radical (unpaired) electrons. The lowest BCUT2D eigenvalue weighted by molar-refractivity contribution is -0.165. The minimum absolute atomic E-state index is 0.0195. The Labute approximate surface area is 106 Å². The molecule has 1 N–H and O–H groups in total. The molecule has 0 aliphatic heterocycles. The van der Waals surface area contributed by atoms with Crippen molar-refractivity contribution in [2.45, 2.75) is 19.7 Å². The third-order valence-corrected chi connectivity index (χ3v) is 2.01. The van der Waals surface area contributed by atoms with Gasteiger partial charge in [0.1, 0.15) is 5.82 Å². The van der Waals surface area contributed by atoms with Crippen molar-refractivity contribution in [1.29, 1.82) is 0 Å². The van der Waals surface area contributed by atoms with E-state index in [0.29, 0.717) is 11.6 Å². The van der Waals surface area contributed by atoms with Crippen molar-refractivity contribution in [3.05, 3.63) is 47.4 Å². The van der Waals surface area contributed by atoms with Gasteiger partial charge in [0.15, 0.2) is 0 Å². The number of rotatable bonds is 5. The molecule has 0 spiro atoms. The predicted molar refractivity (Wildman–Crippen MR) is 59.1 cm³/mol.